The number of aryl methyl sites for hydroxylation is 1. The highest BCUT2D eigenvalue weighted by Gasteiger charge is 2.18. The second kappa shape index (κ2) is 6.58. The van der Waals surface area contributed by atoms with Gasteiger partial charge in [0.25, 0.3) is 0 Å². The number of carboxylic acids is 1. The van der Waals surface area contributed by atoms with E-state index in [1.54, 1.807) is 12.1 Å². The van der Waals surface area contributed by atoms with Crippen LogP contribution in [0.15, 0.2) is 18.3 Å². The van der Waals surface area contributed by atoms with E-state index < -0.39 is 18.0 Å². The lowest BCUT2D eigenvalue weighted by Crippen LogP contribution is -2.42. The van der Waals surface area contributed by atoms with Crippen molar-refractivity contribution in [3.8, 4) is 0 Å². The number of amides is 2. The van der Waals surface area contributed by atoms with E-state index in [1.165, 1.54) is 6.20 Å². The van der Waals surface area contributed by atoms with Crippen molar-refractivity contribution in [2.24, 2.45) is 0 Å². The normalized spacial score (nSPS) is 11.7. The number of aliphatic carboxylic acids is 1. The third-order valence-electron chi connectivity index (χ3n) is 2.35. The Hall–Kier alpha value is -2.11. The van der Waals surface area contributed by atoms with Crippen molar-refractivity contribution in [3.63, 3.8) is 0 Å². The van der Waals surface area contributed by atoms with E-state index in [0.717, 1.165) is 5.69 Å². The predicted molar refractivity (Wildman–Crippen MR) is 67.5 cm³/mol. The lowest BCUT2D eigenvalue weighted by Gasteiger charge is -2.14. The van der Waals surface area contributed by atoms with E-state index in [1.807, 2.05) is 13.8 Å². The van der Waals surface area contributed by atoms with E-state index in [-0.39, 0.29) is 0 Å². The van der Waals surface area contributed by atoms with Crippen molar-refractivity contribution < 1.29 is 14.7 Å². The first-order valence-corrected chi connectivity index (χ1v) is 5.76. The van der Waals surface area contributed by atoms with Crippen LogP contribution in [0.3, 0.4) is 0 Å². The summed E-state index contributed by atoms with van der Waals surface area (Å²) in [6.07, 6.45) is 2.60. The Bertz CT molecular complexity index is 417. The molecule has 0 aliphatic heterocycles. The number of anilines is 1. The molecule has 0 aromatic carbocycles. The fourth-order valence-electron chi connectivity index (χ4n) is 1.41. The fraction of sp³-hybridized carbons (Fsp3) is 0.417. The molecular weight excluding hydrogens is 234 g/mol. The van der Waals surface area contributed by atoms with E-state index in [4.69, 9.17) is 5.11 Å². The maximum absolute atomic E-state index is 11.6. The van der Waals surface area contributed by atoms with Crippen LogP contribution < -0.4 is 10.6 Å². The number of nitrogens with zero attached hydrogens (tertiary/aromatic N) is 1. The van der Waals surface area contributed by atoms with E-state index in [9.17, 15) is 9.59 Å². The zero-order chi connectivity index (χ0) is 13.5. The number of carbonyl (C=O) groups excluding carboxylic acids is 1. The molecule has 6 nitrogen and oxygen atoms in total. The Morgan fingerprint density at radius 1 is 1.44 bits per heavy atom. The summed E-state index contributed by atoms with van der Waals surface area (Å²) in [6.45, 7) is 3.70. The van der Waals surface area contributed by atoms with Gasteiger partial charge in [-0.3, -0.25) is 4.98 Å². The van der Waals surface area contributed by atoms with Crippen LogP contribution in [0.4, 0.5) is 10.5 Å². The minimum atomic E-state index is -1.03. The molecule has 0 saturated carbocycles. The van der Waals surface area contributed by atoms with Crippen LogP contribution in [0.25, 0.3) is 0 Å². The Kier molecular flexibility index (Phi) is 5.10. The van der Waals surface area contributed by atoms with Crippen LogP contribution in [-0.2, 0) is 4.79 Å². The molecule has 0 aliphatic carbocycles. The zero-order valence-electron chi connectivity index (χ0n) is 10.4. The largest absolute Gasteiger partial charge is 0.480 e. The standard InChI is InChI=1S/C12H17N3O3/c1-3-4-10(11(16)17)15-12(18)14-9-6-5-8(2)13-7-9/h5-7,10H,3-4H2,1-2H3,(H,16,17)(H2,14,15,18)/t10-/m0/s1. The van der Waals surface area contributed by atoms with Crippen LogP contribution in [-0.4, -0.2) is 28.1 Å². The van der Waals surface area contributed by atoms with E-state index >= 15 is 0 Å². The van der Waals surface area contributed by atoms with E-state index in [0.29, 0.717) is 18.5 Å². The Balaban J connectivity index is 2.54. The third kappa shape index (κ3) is 4.40. The van der Waals surface area contributed by atoms with Gasteiger partial charge in [-0.05, 0) is 25.5 Å². The molecule has 18 heavy (non-hydrogen) atoms. The number of pyridine rings is 1. The molecule has 0 aliphatic rings. The van der Waals surface area contributed by atoms with Gasteiger partial charge >= 0.3 is 12.0 Å². The van der Waals surface area contributed by atoms with Crippen molar-refractivity contribution in [2.45, 2.75) is 32.7 Å². The number of carboxylic acid groups (broad SMARTS) is 1. The monoisotopic (exact) mass is 251 g/mol. The highest BCUT2D eigenvalue weighted by Crippen LogP contribution is 2.05. The van der Waals surface area contributed by atoms with Crippen LogP contribution in [0, 0.1) is 6.92 Å². The Morgan fingerprint density at radius 3 is 2.67 bits per heavy atom. The maximum atomic E-state index is 11.6. The smallest absolute Gasteiger partial charge is 0.326 e. The van der Waals surface area contributed by atoms with Crippen molar-refractivity contribution >= 4 is 17.7 Å². The molecule has 0 spiro atoms. The highest BCUT2D eigenvalue weighted by molar-refractivity contribution is 5.92. The molecule has 98 valence electrons. The van der Waals surface area contributed by atoms with Crippen LogP contribution in [0.2, 0.25) is 0 Å². The summed E-state index contributed by atoms with van der Waals surface area (Å²) in [5, 5.41) is 13.8. The molecule has 6 heteroatoms. The molecule has 1 aromatic rings. The Labute approximate surface area is 105 Å². The topological polar surface area (TPSA) is 91.3 Å². The summed E-state index contributed by atoms with van der Waals surface area (Å²) in [7, 11) is 0. The van der Waals surface area contributed by atoms with Gasteiger partial charge in [-0.15, -0.1) is 0 Å². The molecule has 1 aromatic heterocycles. The lowest BCUT2D eigenvalue weighted by atomic mass is 10.2. The van der Waals surface area contributed by atoms with Crippen molar-refractivity contribution in [1.29, 1.82) is 0 Å². The summed E-state index contributed by atoms with van der Waals surface area (Å²) in [6, 6.07) is 2.06. The van der Waals surface area contributed by atoms with Crippen molar-refractivity contribution in [2.75, 3.05) is 5.32 Å². The van der Waals surface area contributed by atoms with E-state index in [2.05, 4.69) is 15.6 Å². The first kappa shape index (κ1) is 14.0. The summed E-state index contributed by atoms with van der Waals surface area (Å²) in [4.78, 5) is 26.5. The van der Waals surface area contributed by atoms with Gasteiger partial charge in [0.15, 0.2) is 0 Å². The first-order chi connectivity index (χ1) is 8.52. The molecule has 1 rings (SSSR count). The molecular formula is C12H17N3O3. The van der Waals surface area contributed by atoms with Gasteiger partial charge in [-0.25, -0.2) is 9.59 Å². The molecule has 0 bridgehead atoms. The van der Waals surface area contributed by atoms with Gasteiger partial charge in [-0.1, -0.05) is 13.3 Å². The average molecular weight is 251 g/mol. The molecule has 1 atom stereocenters. The molecule has 0 unspecified atom stereocenters. The van der Waals surface area contributed by atoms with Crippen molar-refractivity contribution in [3.05, 3.63) is 24.0 Å². The number of carbonyl (C=O) groups is 2. The quantitative estimate of drug-likeness (QED) is 0.743. The molecule has 3 N–H and O–H groups in total. The number of aromatic nitrogens is 1. The van der Waals surface area contributed by atoms with Gasteiger partial charge in [0, 0.05) is 5.69 Å². The van der Waals surface area contributed by atoms with Crippen LogP contribution in [0.5, 0.6) is 0 Å². The summed E-state index contributed by atoms with van der Waals surface area (Å²) in [5.74, 6) is -1.03. The molecule has 0 radical (unpaired) electrons. The molecule has 2 amide bonds. The minimum absolute atomic E-state index is 0.398. The maximum Gasteiger partial charge on any atom is 0.326 e. The zero-order valence-corrected chi connectivity index (χ0v) is 10.4. The number of urea groups is 1. The van der Waals surface area contributed by atoms with Gasteiger partial charge in [-0.2, -0.15) is 0 Å². The van der Waals surface area contributed by atoms with Crippen LogP contribution >= 0.6 is 0 Å². The van der Waals surface area contributed by atoms with Gasteiger partial charge in [0.2, 0.25) is 0 Å². The number of hydrogen-bond acceptors (Lipinski definition) is 3. The third-order valence-corrected chi connectivity index (χ3v) is 2.35. The second-order valence-corrected chi connectivity index (χ2v) is 3.97. The van der Waals surface area contributed by atoms with Gasteiger partial charge in [0.05, 0.1) is 11.9 Å². The summed E-state index contributed by atoms with van der Waals surface area (Å²) >= 11 is 0. The minimum Gasteiger partial charge on any atom is -0.480 e. The van der Waals surface area contributed by atoms with Crippen LogP contribution in [0.1, 0.15) is 25.5 Å². The SMILES string of the molecule is CCC[C@H](NC(=O)Nc1ccc(C)nc1)C(=O)O. The van der Waals surface area contributed by atoms with Crippen molar-refractivity contribution in [1.82, 2.24) is 10.3 Å². The molecule has 0 saturated heterocycles. The average Bonchev–Trinajstić information content (AvgIpc) is 2.31. The predicted octanol–water partition coefficient (Wildman–Crippen LogP) is 1.76. The number of hydrogen-bond donors (Lipinski definition) is 3. The van der Waals surface area contributed by atoms with Gasteiger partial charge < -0.3 is 15.7 Å². The first-order valence-electron chi connectivity index (χ1n) is 5.76. The molecule has 0 fully saturated rings. The highest BCUT2D eigenvalue weighted by atomic mass is 16.4. The fourth-order valence-corrected chi connectivity index (χ4v) is 1.41. The number of nitrogens with one attached hydrogen (secondary N) is 2. The Morgan fingerprint density at radius 2 is 2.17 bits per heavy atom. The number of rotatable bonds is 5. The molecule has 1 heterocycles. The second-order valence-electron chi connectivity index (χ2n) is 3.97. The summed E-state index contributed by atoms with van der Waals surface area (Å²) < 4.78 is 0. The van der Waals surface area contributed by atoms with Gasteiger partial charge in [0.1, 0.15) is 6.04 Å². The summed E-state index contributed by atoms with van der Waals surface area (Å²) in [5.41, 5.74) is 1.37. The lowest BCUT2D eigenvalue weighted by molar-refractivity contribution is -0.139.